The summed E-state index contributed by atoms with van der Waals surface area (Å²) in [7, 11) is 0. The number of benzene rings is 3. The number of hydrogen-bond donors (Lipinski definition) is 0. The summed E-state index contributed by atoms with van der Waals surface area (Å²) in [6.07, 6.45) is 11.9. The lowest BCUT2D eigenvalue weighted by Gasteiger charge is -2.13. The fourth-order valence-corrected chi connectivity index (χ4v) is 4.62. The standard InChI is InChI=1S/C37H45FO7/c1-4-6-8-10-11-13-25-42-31-20-15-28(16-21-31)35(39)44-32-22-17-29(18-23-32)36(40)45-34-24-19-30(26-33(34)38)37(41)43-27(3)14-12-9-7-5-2/h15-24,26-27H,4-14,25H2,1-3H3. The van der Waals surface area contributed by atoms with Crippen molar-refractivity contribution in [2.24, 2.45) is 0 Å². The average Bonchev–Trinajstić information content (AvgIpc) is 3.04. The van der Waals surface area contributed by atoms with Crippen LogP contribution in [0.1, 0.15) is 122 Å². The van der Waals surface area contributed by atoms with Crippen LogP contribution in [0, 0.1) is 5.82 Å². The number of carbonyl (C=O) groups excluding carboxylic acids is 3. The third-order valence-electron chi connectivity index (χ3n) is 7.30. The molecule has 7 nitrogen and oxygen atoms in total. The predicted molar refractivity (Wildman–Crippen MR) is 172 cm³/mol. The molecule has 0 spiro atoms. The van der Waals surface area contributed by atoms with Crippen LogP contribution in [0.2, 0.25) is 0 Å². The minimum atomic E-state index is -0.863. The fraction of sp³-hybridized carbons (Fsp3) is 0.432. The largest absolute Gasteiger partial charge is 0.494 e. The Morgan fingerprint density at radius 2 is 1.16 bits per heavy atom. The molecular formula is C37H45FO7. The van der Waals surface area contributed by atoms with Crippen molar-refractivity contribution < 1.29 is 37.7 Å². The SMILES string of the molecule is CCCCCCCCOc1ccc(C(=O)Oc2ccc(C(=O)Oc3ccc(C(=O)OC(C)CCCCCC)cc3F)cc2)cc1. The van der Waals surface area contributed by atoms with E-state index in [9.17, 15) is 18.8 Å². The summed E-state index contributed by atoms with van der Waals surface area (Å²) < 4.78 is 36.5. The summed E-state index contributed by atoms with van der Waals surface area (Å²) in [4.78, 5) is 37.6. The van der Waals surface area contributed by atoms with Gasteiger partial charge in [-0.3, -0.25) is 0 Å². The van der Waals surface area contributed by atoms with Crippen LogP contribution in [-0.4, -0.2) is 30.6 Å². The first-order chi connectivity index (χ1) is 21.8. The Morgan fingerprint density at radius 1 is 0.622 bits per heavy atom. The maximum absolute atomic E-state index is 14.7. The Bertz CT molecular complexity index is 1350. The zero-order valence-corrected chi connectivity index (χ0v) is 26.6. The smallest absolute Gasteiger partial charge is 0.343 e. The summed E-state index contributed by atoms with van der Waals surface area (Å²) in [5.74, 6) is -2.26. The predicted octanol–water partition coefficient (Wildman–Crippen LogP) is 9.52. The van der Waals surface area contributed by atoms with Gasteiger partial charge in [0.25, 0.3) is 0 Å². The number of carbonyl (C=O) groups is 3. The number of esters is 3. The topological polar surface area (TPSA) is 88.1 Å². The van der Waals surface area contributed by atoms with E-state index in [1.165, 1.54) is 62.1 Å². The molecule has 0 aliphatic carbocycles. The van der Waals surface area contributed by atoms with Crippen LogP contribution in [0.15, 0.2) is 66.7 Å². The third kappa shape index (κ3) is 12.4. The van der Waals surface area contributed by atoms with Crippen molar-refractivity contribution in [2.75, 3.05) is 6.61 Å². The van der Waals surface area contributed by atoms with Crippen LogP contribution in [-0.2, 0) is 4.74 Å². The molecule has 1 unspecified atom stereocenters. The van der Waals surface area contributed by atoms with Crippen molar-refractivity contribution in [1.29, 1.82) is 0 Å². The molecule has 0 saturated carbocycles. The van der Waals surface area contributed by atoms with Crippen molar-refractivity contribution >= 4 is 17.9 Å². The van der Waals surface area contributed by atoms with Crippen LogP contribution in [0.3, 0.4) is 0 Å². The van der Waals surface area contributed by atoms with E-state index in [2.05, 4.69) is 13.8 Å². The molecule has 3 rings (SSSR count). The Morgan fingerprint density at radius 3 is 1.78 bits per heavy atom. The van der Waals surface area contributed by atoms with Crippen molar-refractivity contribution in [3.8, 4) is 17.2 Å². The van der Waals surface area contributed by atoms with E-state index < -0.39 is 23.7 Å². The summed E-state index contributed by atoms with van der Waals surface area (Å²) in [6.45, 7) is 6.77. The first-order valence-electron chi connectivity index (χ1n) is 16.1. The van der Waals surface area contributed by atoms with Crippen molar-refractivity contribution in [3.05, 3.63) is 89.2 Å². The number of unbranched alkanes of at least 4 members (excludes halogenated alkanes) is 8. The zero-order chi connectivity index (χ0) is 32.4. The molecule has 0 heterocycles. The lowest BCUT2D eigenvalue weighted by Crippen LogP contribution is -2.15. The molecule has 3 aromatic rings. The highest BCUT2D eigenvalue weighted by atomic mass is 19.1. The van der Waals surface area contributed by atoms with Crippen LogP contribution < -0.4 is 14.2 Å². The highest BCUT2D eigenvalue weighted by molar-refractivity contribution is 5.93. The summed E-state index contributed by atoms with van der Waals surface area (Å²) in [5, 5.41) is 0. The van der Waals surface area contributed by atoms with Gasteiger partial charge in [0.1, 0.15) is 11.5 Å². The molecule has 0 bridgehead atoms. The molecule has 0 saturated heterocycles. The minimum absolute atomic E-state index is 0.0363. The average molecular weight is 621 g/mol. The zero-order valence-electron chi connectivity index (χ0n) is 26.6. The molecular weight excluding hydrogens is 575 g/mol. The molecule has 0 radical (unpaired) electrons. The molecule has 8 heteroatoms. The summed E-state index contributed by atoms with van der Waals surface area (Å²) >= 11 is 0. The van der Waals surface area contributed by atoms with Crippen molar-refractivity contribution in [3.63, 3.8) is 0 Å². The van der Waals surface area contributed by atoms with E-state index in [1.807, 2.05) is 6.92 Å². The van der Waals surface area contributed by atoms with Gasteiger partial charge < -0.3 is 18.9 Å². The summed E-state index contributed by atoms with van der Waals surface area (Å²) in [6, 6.07) is 16.0. The van der Waals surface area contributed by atoms with Gasteiger partial charge in [0.2, 0.25) is 0 Å². The molecule has 0 aliphatic heterocycles. The van der Waals surface area contributed by atoms with Gasteiger partial charge in [0.05, 0.1) is 29.4 Å². The van der Waals surface area contributed by atoms with Gasteiger partial charge in [-0.1, -0.05) is 65.2 Å². The Balaban J connectivity index is 1.45. The van der Waals surface area contributed by atoms with Crippen LogP contribution in [0.4, 0.5) is 4.39 Å². The van der Waals surface area contributed by atoms with E-state index in [0.717, 1.165) is 51.0 Å². The third-order valence-corrected chi connectivity index (χ3v) is 7.30. The molecule has 1 atom stereocenters. The van der Waals surface area contributed by atoms with Gasteiger partial charge in [0, 0.05) is 0 Å². The van der Waals surface area contributed by atoms with Crippen LogP contribution in [0.5, 0.6) is 17.2 Å². The lowest BCUT2D eigenvalue weighted by atomic mass is 10.1. The minimum Gasteiger partial charge on any atom is -0.494 e. The first-order valence-corrected chi connectivity index (χ1v) is 16.1. The lowest BCUT2D eigenvalue weighted by molar-refractivity contribution is 0.0318. The molecule has 0 fully saturated rings. The van der Waals surface area contributed by atoms with Crippen LogP contribution >= 0.6 is 0 Å². The molecule has 242 valence electrons. The number of rotatable bonds is 19. The van der Waals surface area contributed by atoms with E-state index in [4.69, 9.17) is 18.9 Å². The Kier molecular flexibility index (Phi) is 15.1. The van der Waals surface area contributed by atoms with E-state index in [0.29, 0.717) is 17.9 Å². The number of hydrogen-bond acceptors (Lipinski definition) is 7. The Hall–Kier alpha value is -4.20. The Labute approximate surface area is 266 Å². The maximum Gasteiger partial charge on any atom is 0.343 e. The highest BCUT2D eigenvalue weighted by Crippen LogP contribution is 2.23. The number of halogens is 1. The quantitative estimate of drug-likeness (QED) is 0.0749. The highest BCUT2D eigenvalue weighted by Gasteiger charge is 2.18. The molecule has 0 aliphatic rings. The first kappa shape index (κ1) is 35.3. The van der Waals surface area contributed by atoms with Gasteiger partial charge in [-0.2, -0.15) is 0 Å². The summed E-state index contributed by atoms with van der Waals surface area (Å²) in [5.41, 5.74) is 0.519. The van der Waals surface area contributed by atoms with Gasteiger partial charge in [-0.15, -0.1) is 0 Å². The molecule has 45 heavy (non-hydrogen) atoms. The molecule has 0 aromatic heterocycles. The van der Waals surface area contributed by atoms with E-state index in [-0.39, 0.29) is 28.7 Å². The van der Waals surface area contributed by atoms with E-state index in [1.54, 1.807) is 24.3 Å². The second-order valence-corrected chi connectivity index (χ2v) is 11.2. The maximum atomic E-state index is 14.7. The molecule has 0 amide bonds. The molecule has 0 N–H and O–H groups in total. The van der Waals surface area contributed by atoms with Crippen LogP contribution in [0.25, 0.3) is 0 Å². The van der Waals surface area contributed by atoms with Crippen molar-refractivity contribution in [2.45, 2.75) is 97.5 Å². The van der Waals surface area contributed by atoms with Gasteiger partial charge in [0.15, 0.2) is 11.6 Å². The normalized spacial score (nSPS) is 11.5. The fourth-order valence-electron chi connectivity index (χ4n) is 4.62. The van der Waals surface area contributed by atoms with E-state index >= 15 is 0 Å². The second-order valence-electron chi connectivity index (χ2n) is 11.2. The van der Waals surface area contributed by atoms with Gasteiger partial charge in [-0.25, -0.2) is 18.8 Å². The molecule has 3 aromatic carbocycles. The van der Waals surface area contributed by atoms with Crippen molar-refractivity contribution in [1.82, 2.24) is 0 Å². The monoisotopic (exact) mass is 620 g/mol. The second kappa shape index (κ2) is 19.2. The van der Waals surface area contributed by atoms with Gasteiger partial charge in [-0.05, 0) is 92.9 Å². The van der Waals surface area contributed by atoms with Gasteiger partial charge >= 0.3 is 17.9 Å². The number of ether oxygens (including phenoxy) is 4.